The number of nitrogens with one attached hydrogen (secondary N) is 1. The van der Waals surface area contributed by atoms with Gasteiger partial charge in [-0.15, -0.1) is 0 Å². The minimum atomic E-state index is -0.485. The number of carbonyl (C=O) groups excluding carboxylic acids is 2. The first-order chi connectivity index (χ1) is 17.4. The van der Waals surface area contributed by atoms with Crippen LogP contribution in [0, 0.1) is 0 Å². The van der Waals surface area contributed by atoms with Crippen LogP contribution in [0.15, 0.2) is 51.6 Å². The Balaban J connectivity index is 1.55. The molecule has 9 nitrogen and oxygen atoms in total. The van der Waals surface area contributed by atoms with Crippen LogP contribution in [0.2, 0.25) is 0 Å². The number of amidine groups is 1. The molecule has 1 aromatic rings. The average molecular weight is 515 g/mol. The van der Waals surface area contributed by atoms with Crippen molar-refractivity contribution in [3.8, 4) is 5.75 Å². The zero-order valence-corrected chi connectivity index (χ0v) is 22.1. The summed E-state index contributed by atoms with van der Waals surface area (Å²) in [7, 11) is 1.61. The fourth-order valence-electron chi connectivity index (χ4n) is 4.44. The maximum absolute atomic E-state index is 13.2. The fourth-order valence-corrected chi connectivity index (χ4v) is 5.40. The van der Waals surface area contributed by atoms with Gasteiger partial charge in [-0.2, -0.15) is 0 Å². The van der Waals surface area contributed by atoms with Crippen LogP contribution in [-0.4, -0.2) is 79.5 Å². The lowest BCUT2D eigenvalue weighted by molar-refractivity contribution is -0.143. The van der Waals surface area contributed by atoms with Gasteiger partial charge in [0, 0.05) is 31.9 Å². The van der Waals surface area contributed by atoms with Crippen molar-refractivity contribution in [3.05, 3.63) is 52.2 Å². The van der Waals surface area contributed by atoms with Crippen molar-refractivity contribution in [2.24, 2.45) is 4.99 Å². The molecule has 1 unspecified atom stereocenters. The number of hydrogen-bond donors (Lipinski definition) is 1. The number of aliphatic imine (C=N–C) groups is 1. The summed E-state index contributed by atoms with van der Waals surface area (Å²) in [5, 5.41) is 5.71. The molecule has 1 amide bonds. The number of hydrogen-bond acceptors (Lipinski definition) is 9. The molecule has 0 radical (unpaired) electrons. The Bertz CT molecular complexity index is 1080. The predicted molar refractivity (Wildman–Crippen MR) is 139 cm³/mol. The summed E-state index contributed by atoms with van der Waals surface area (Å²) in [4.78, 5) is 35.1. The second kappa shape index (κ2) is 11.9. The summed E-state index contributed by atoms with van der Waals surface area (Å²) in [5.41, 5.74) is 2.72. The molecule has 0 aliphatic carbocycles. The van der Waals surface area contributed by atoms with E-state index in [0.29, 0.717) is 23.6 Å². The monoisotopic (exact) mass is 514 g/mol. The van der Waals surface area contributed by atoms with Crippen LogP contribution < -0.4 is 10.1 Å². The van der Waals surface area contributed by atoms with Gasteiger partial charge in [0.25, 0.3) is 0 Å². The third-order valence-electron chi connectivity index (χ3n) is 6.17. The number of esters is 1. The molecule has 1 atom stereocenters. The highest BCUT2D eigenvalue weighted by Gasteiger charge is 2.41. The summed E-state index contributed by atoms with van der Waals surface area (Å²) in [5.74, 6) is 0.201. The number of fused-ring (bicyclic) bond motifs is 1. The SMILES string of the molecule is COc1cccc(C2C(C(=O)OC(C)C)=C(C)N=C3SC=C(CC(=O)NCCN4CCOCC4)N32)c1. The molecule has 3 aliphatic rings. The van der Waals surface area contributed by atoms with Crippen LogP contribution in [0.4, 0.5) is 0 Å². The molecule has 0 spiro atoms. The standard InChI is InChI=1S/C26H34N4O5S/c1-17(2)35-25(32)23-18(3)28-26-30(24(23)19-6-5-7-21(14-19)33-4)20(16-36-26)15-22(31)27-8-9-29-10-12-34-13-11-29/h5-7,14,16-17,24H,8-13,15H2,1-4H3,(H,27,31). The first-order valence-corrected chi connectivity index (χ1v) is 13.1. The number of amides is 1. The quantitative estimate of drug-likeness (QED) is 0.503. The maximum atomic E-state index is 13.2. The van der Waals surface area contributed by atoms with Gasteiger partial charge in [-0.05, 0) is 43.9 Å². The van der Waals surface area contributed by atoms with E-state index >= 15 is 0 Å². The smallest absolute Gasteiger partial charge is 0.338 e. The largest absolute Gasteiger partial charge is 0.497 e. The van der Waals surface area contributed by atoms with E-state index in [-0.39, 0.29) is 18.4 Å². The molecule has 4 rings (SSSR count). The summed E-state index contributed by atoms with van der Waals surface area (Å²) >= 11 is 1.46. The van der Waals surface area contributed by atoms with Gasteiger partial charge >= 0.3 is 5.97 Å². The number of nitrogens with zero attached hydrogens (tertiary/aromatic N) is 3. The highest BCUT2D eigenvalue weighted by molar-refractivity contribution is 8.16. The van der Waals surface area contributed by atoms with Crippen LogP contribution in [0.25, 0.3) is 0 Å². The van der Waals surface area contributed by atoms with Gasteiger partial charge in [0.1, 0.15) is 5.75 Å². The molecular weight excluding hydrogens is 480 g/mol. The maximum Gasteiger partial charge on any atom is 0.338 e. The topological polar surface area (TPSA) is 92.7 Å². The minimum Gasteiger partial charge on any atom is -0.497 e. The van der Waals surface area contributed by atoms with Crippen LogP contribution in [0.3, 0.4) is 0 Å². The zero-order valence-electron chi connectivity index (χ0n) is 21.3. The van der Waals surface area contributed by atoms with Crippen LogP contribution in [0.1, 0.15) is 38.8 Å². The first-order valence-electron chi connectivity index (χ1n) is 12.2. The molecule has 1 saturated heterocycles. The Morgan fingerprint density at radius 1 is 1.28 bits per heavy atom. The molecule has 10 heteroatoms. The molecule has 3 heterocycles. The van der Waals surface area contributed by atoms with Crippen LogP contribution in [-0.2, 0) is 19.1 Å². The van der Waals surface area contributed by atoms with Crippen molar-refractivity contribution in [3.63, 3.8) is 0 Å². The number of ether oxygens (including phenoxy) is 3. The molecule has 0 bridgehead atoms. The van der Waals surface area contributed by atoms with Crippen LogP contribution >= 0.6 is 11.8 Å². The third kappa shape index (κ3) is 6.11. The number of allylic oxidation sites excluding steroid dienone is 1. The van der Waals surface area contributed by atoms with Gasteiger partial charge < -0.3 is 24.4 Å². The van der Waals surface area contributed by atoms with Crippen molar-refractivity contribution in [2.75, 3.05) is 46.5 Å². The van der Waals surface area contributed by atoms with Gasteiger partial charge in [-0.3, -0.25) is 9.69 Å². The number of carbonyl (C=O) groups is 2. The zero-order chi connectivity index (χ0) is 25.7. The summed E-state index contributed by atoms with van der Waals surface area (Å²) < 4.78 is 16.4. The lowest BCUT2D eigenvalue weighted by atomic mass is 9.93. The normalized spacial score (nSPS) is 20.1. The van der Waals surface area contributed by atoms with E-state index in [2.05, 4.69) is 10.2 Å². The molecule has 0 aromatic heterocycles. The van der Waals surface area contributed by atoms with E-state index in [1.807, 2.05) is 55.3 Å². The lowest BCUT2D eigenvalue weighted by Gasteiger charge is -2.36. The molecule has 36 heavy (non-hydrogen) atoms. The summed E-state index contributed by atoms with van der Waals surface area (Å²) in [6.07, 6.45) is -0.0874. The van der Waals surface area contributed by atoms with Crippen LogP contribution in [0.5, 0.6) is 5.75 Å². The van der Waals surface area contributed by atoms with E-state index in [4.69, 9.17) is 19.2 Å². The predicted octanol–water partition coefficient (Wildman–Crippen LogP) is 3.06. The first kappa shape index (κ1) is 26.2. The van der Waals surface area contributed by atoms with Crippen molar-refractivity contribution < 1.29 is 23.8 Å². The fraction of sp³-hybridized carbons (Fsp3) is 0.500. The molecule has 1 N–H and O–H groups in total. The number of morpholine rings is 1. The third-order valence-corrected chi connectivity index (χ3v) is 7.06. The van der Waals surface area contributed by atoms with Gasteiger partial charge in [0.2, 0.25) is 5.91 Å². The number of rotatable bonds is 9. The Morgan fingerprint density at radius 3 is 2.78 bits per heavy atom. The average Bonchev–Trinajstić information content (AvgIpc) is 3.25. The van der Waals surface area contributed by atoms with Crippen molar-refractivity contribution in [1.82, 2.24) is 15.1 Å². The van der Waals surface area contributed by atoms with E-state index in [1.165, 1.54) is 11.8 Å². The Morgan fingerprint density at radius 2 is 2.06 bits per heavy atom. The lowest BCUT2D eigenvalue weighted by Crippen LogP contribution is -2.42. The Labute approximate surface area is 216 Å². The number of benzene rings is 1. The second-order valence-electron chi connectivity index (χ2n) is 9.10. The van der Waals surface area contributed by atoms with E-state index in [0.717, 1.165) is 49.3 Å². The molecule has 0 saturated carbocycles. The second-order valence-corrected chi connectivity index (χ2v) is 9.94. The van der Waals surface area contributed by atoms with Gasteiger partial charge in [-0.1, -0.05) is 23.9 Å². The van der Waals surface area contributed by atoms with E-state index in [1.54, 1.807) is 7.11 Å². The molecular formula is C26H34N4O5S. The van der Waals surface area contributed by atoms with Crippen molar-refractivity contribution >= 4 is 28.8 Å². The summed E-state index contributed by atoms with van der Waals surface area (Å²) in [6.45, 7) is 10.1. The molecule has 1 aromatic carbocycles. The number of thioether (sulfide) groups is 1. The molecule has 3 aliphatic heterocycles. The minimum absolute atomic E-state index is 0.0710. The number of methoxy groups -OCH3 is 1. The van der Waals surface area contributed by atoms with Crippen molar-refractivity contribution in [2.45, 2.75) is 39.3 Å². The van der Waals surface area contributed by atoms with Crippen molar-refractivity contribution in [1.29, 1.82) is 0 Å². The van der Waals surface area contributed by atoms with E-state index < -0.39 is 12.0 Å². The van der Waals surface area contributed by atoms with Gasteiger partial charge in [0.15, 0.2) is 5.17 Å². The summed E-state index contributed by atoms with van der Waals surface area (Å²) in [6, 6.07) is 7.13. The molecule has 194 valence electrons. The van der Waals surface area contributed by atoms with E-state index in [9.17, 15) is 9.59 Å². The van der Waals surface area contributed by atoms with Gasteiger partial charge in [0.05, 0.1) is 50.2 Å². The highest BCUT2D eigenvalue weighted by atomic mass is 32.2. The Kier molecular flexibility index (Phi) is 8.71. The Hall–Kier alpha value is -2.82. The van der Waals surface area contributed by atoms with Gasteiger partial charge in [-0.25, -0.2) is 9.79 Å². The molecule has 1 fully saturated rings. The highest BCUT2D eigenvalue weighted by Crippen LogP contribution is 2.45.